The third kappa shape index (κ3) is 3.04. The van der Waals surface area contributed by atoms with E-state index in [1.807, 2.05) is 12.3 Å². The molecule has 4 heterocycles. The van der Waals surface area contributed by atoms with Crippen molar-refractivity contribution in [1.29, 1.82) is 0 Å². The highest BCUT2D eigenvalue weighted by Crippen LogP contribution is 2.31. The minimum Gasteiger partial charge on any atom is -0.462 e. The predicted molar refractivity (Wildman–Crippen MR) is 106 cm³/mol. The molecule has 3 aromatic heterocycles. The van der Waals surface area contributed by atoms with E-state index in [2.05, 4.69) is 49.4 Å². The fraction of sp³-hybridized carbons (Fsp3) is 0.190. The fourth-order valence-corrected chi connectivity index (χ4v) is 3.50. The zero-order valence-corrected chi connectivity index (χ0v) is 14.8. The minimum atomic E-state index is 0.762. The number of hydrogen-bond donors (Lipinski definition) is 1. The van der Waals surface area contributed by atoms with Gasteiger partial charge in [-0.2, -0.15) is 0 Å². The molecule has 0 bridgehead atoms. The van der Waals surface area contributed by atoms with Gasteiger partial charge < -0.3 is 14.6 Å². The Morgan fingerprint density at radius 1 is 0.889 bits per heavy atom. The van der Waals surface area contributed by atoms with Crippen LogP contribution in [0.1, 0.15) is 0 Å². The lowest BCUT2D eigenvalue weighted by atomic mass is 10.1. The zero-order valence-electron chi connectivity index (χ0n) is 14.8. The van der Waals surface area contributed by atoms with E-state index in [4.69, 9.17) is 4.42 Å². The van der Waals surface area contributed by atoms with Crippen molar-refractivity contribution in [3.05, 3.63) is 61.5 Å². The third-order valence-electron chi connectivity index (χ3n) is 4.97. The first-order chi connectivity index (χ1) is 13.4. The van der Waals surface area contributed by atoms with Crippen molar-refractivity contribution in [2.45, 2.75) is 0 Å². The number of furan rings is 1. The number of nitrogens with zero attached hydrogens (tertiary/aromatic N) is 4. The van der Waals surface area contributed by atoms with Gasteiger partial charge in [0.2, 0.25) is 0 Å². The molecule has 0 spiro atoms. The Morgan fingerprint density at radius 3 is 2.44 bits per heavy atom. The van der Waals surface area contributed by atoms with Crippen LogP contribution in [0.4, 0.5) is 5.69 Å². The van der Waals surface area contributed by atoms with Gasteiger partial charge in [0.05, 0.1) is 0 Å². The highest BCUT2D eigenvalue weighted by Gasteiger charge is 2.13. The molecule has 1 aliphatic rings. The van der Waals surface area contributed by atoms with E-state index < -0.39 is 0 Å². The second-order valence-electron chi connectivity index (χ2n) is 6.63. The monoisotopic (exact) mass is 357 g/mol. The molecule has 0 saturated carbocycles. The molecule has 27 heavy (non-hydrogen) atoms. The van der Waals surface area contributed by atoms with Crippen LogP contribution in [0.3, 0.4) is 0 Å². The summed E-state index contributed by atoms with van der Waals surface area (Å²) in [4.78, 5) is 15.2. The van der Waals surface area contributed by atoms with E-state index in [9.17, 15) is 0 Å². The number of rotatable bonds is 3. The van der Waals surface area contributed by atoms with Crippen LogP contribution in [0.5, 0.6) is 0 Å². The summed E-state index contributed by atoms with van der Waals surface area (Å²) in [5.74, 6) is 0. The Hall–Kier alpha value is -3.25. The lowest BCUT2D eigenvalue weighted by Gasteiger charge is -2.29. The smallest absolute Gasteiger partial charge is 0.153 e. The average Bonchev–Trinajstić information content (AvgIpc) is 3.18. The van der Waals surface area contributed by atoms with E-state index in [1.54, 1.807) is 18.7 Å². The maximum absolute atomic E-state index is 5.75. The van der Waals surface area contributed by atoms with Crippen molar-refractivity contribution in [2.75, 3.05) is 31.1 Å². The Morgan fingerprint density at radius 2 is 1.67 bits per heavy atom. The van der Waals surface area contributed by atoms with Gasteiger partial charge in [-0.1, -0.05) is 12.1 Å². The number of nitrogens with one attached hydrogen (secondary N) is 1. The summed E-state index contributed by atoms with van der Waals surface area (Å²) in [7, 11) is 0. The molecule has 5 rings (SSSR count). The largest absolute Gasteiger partial charge is 0.462 e. The van der Waals surface area contributed by atoms with Crippen molar-refractivity contribution >= 4 is 16.8 Å². The van der Waals surface area contributed by atoms with Crippen LogP contribution in [0, 0.1) is 0 Å². The van der Waals surface area contributed by atoms with Gasteiger partial charge in [0, 0.05) is 67.1 Å². The normalized spacial score (nSPS) is 14.6. The van der Waals surface area contributed by atoms with E-state index in [0.717, 1.165) is 59.5 Å². The molecule has 0 radical (unpaired) electrons. The van der Waals surface area contributed by atoms with E-state index >= 15 is 0 Å². The van der Waals surface area contributed by atoms with Gasteiger partial charge >= 0.3 is 0 Å². The van der Waals surface area contributed by atoms with Gasteiger partial charge in [-0.3, -0.25) is 4.98 Å². The first-order valence-corrected chi connectivity index (χ1v) is 9.07. The number of benzene rings is 1. The number of anilines is 1. The fourth-order valence-electron chi connectivity index (χ4n) is 3.50. The van der Waals surface area contributed by atoms with Crippen molar-refractivity contribution in [3.63, 3.8) is 0 Å². The molecule has 0 amide bonds. The SMILES string of the molecule is c1ncc(-c2coc3cc(-c4ccc(N5CCNCC5)cc4)cnc23)cn1. The van der Waals surface area contributed by atoms with Gasteiger partial charge in [-0.05, 0) is 23.8 Å². The van der Waals surface area contributed by atoms with Gasteiger partial charge in [-0.15, -0.1) is 0 Å². The van der Waals surface area contributed by atoms with Crippen LogP contribution in [-0.4, -0.2) is 41.1 Å². The quantitative estimate of drug-likeness (QED) is 0.606. The Kier molecular flexibility index (Phi) is 4.03. The van der Waals surface area contributed by atoms with Crippen molar-refractivity contribution in [2.24, 2.45) is 0 Å². The highest BCUT2D eigenvalue weighted by atomic mass is 16.3. The highest BCUT2D eigenvalue weighted by molar-refractivity contribution is 5.92. The van der Waals surface area contributed by atoms with Crippen molar-refractivity contribution in [3.8, 4) is 22.3 Å². The number of aromatic nitrogens is 3. The van der Waals surface area contributed by atoms with Crippen LogP contribution in [-0.2, 0) is 0 Å². The predicted octanol–water partition coefficient (Wildman–Crippen LogP) is 3.36. The number of hydrogen-bond acceptors (Lipinski definition) is 6. The van der Waals surface area contributed by atoms with Gasteiger partial charge in [0.25, 0.3) is 0 Å². The molecule has 1 fully saturated rings. The van der Waals surface area contributed by atoms with Crippen LogP contribution < -0.4 is 10.2 Å². The zero-order chi connectivity index (χ0) is 18.1. The van der Waals surface area contributed by atoms with E-state index in [-0.39, 0.29) is 0 Å². The molecule has 6 heteroatoms. The van der Waals surface area contributed by atoms with Crippen molar-refractivity contribution < 1.29 is 4.42 Å². The first kappa shape index (κ1) is 16.0. The molecule has 4 aromatic rings. The summed E-state index contributed by atoms with van der Waals surface area (Å²) in [5.41, 5.74) is 6.83. The first-order valence-electron chi connectivity index (χ1n) is 9.07. The molecule has 134 valence electrons. The van der Waals surface area contributed by atoms with E-state index in [1.165, 1.54) is 12.0 Å². The third-order valence-corrected chi connectivity index (χ3v) is 4.97. The molecule has 1 saturated heterocycles. The average molecular weight is 357 g/mol. The number of fused-ring (bicyclic) bond motifs is 1. The molecule has 1 aromatic carbocycles. The summed E-state index contributed by atoms with van der Waals surface area (Å²) in [6, 6.07) is 10.7. The molecular weight excluding hydrogens is 338 g/mol. The molecule has 1 N–H and O–H groups in total. The lowest BCUT2D eigenvalue weighted by Crippen LogP contribution is -2.43. The Labute approximate surface area is 156 Å². The molecule has 6 nitrogen and oxygen atoms in total. The van der Waals surface area contributed by atoms with Crippen LogP contribution >= 0.6 is 0 Å². The number of pyridine rings is 1. The molecular formula is C21H19N5O. The maximum Gasteiger partial charge on any atom is 0.153 e. The summed E-state index contributed by atoms with van der Waals surface area (Å²) >= 11 is 0. The number of piperazine rings is 1. The van der Waals surface area contributed by atoms with Gasteiger partial charge in [-0.25, -0.2) is 9.97 Å². The molecule has 0 unspecified atom stereocenters. The Balaban J connectivity index is 1.45. The second kappa shape index (κ2) is 6.81. The summed E-state index contributed by atoms with van der Waals surface area (Å²) in [6.45, 7) is 4.17. The van der Waals surface area contributed by atoms with Crippen LogP contribution in [0.15, 0.2) is 65.9 Å². The maximum atomic E-state index is 5.75. The lowest BCUT2D eigenvalue weighted by molar-refractivity contribution is 0.589. The molecule has 0 atom stereocenters. The summed E-state index contributed by atoms with van der Waals surface area (Å²) < 4.78 is 5.75. The van der Waals surface area contributed by atoms with Gasteiger partial charge in [0.1, 0.15) is 18.1 Å². The van der Waals surface area contributed by atoms with Crippen molar-refractivity contribution in [1.82, 2.24) is 20.3 Å². The van der Waals surface area contributed by atoms with Crippen LogP contribution in [0.25, 0.3) is 33.4 Å². The second-order valence-corrected chi connectivity index (χ2v) is 6.63. The standard InChI is InChI=1S/C21H19N5O/c1-3-18(26-7-5-22-6-8-26)4-2-15(1)16-9-20-21(25-12-16)19(13-27-20)17-10-23-14-24-11-17/h1-4,9-14,22H,5-8H2. The Bertz CT molecular complexity index is 1050. The van der Waals surface area contributed by atoms with Crippen LogP contribution in [0.2, 0.25) is 0 Å². The molecule has 0 aliphatic carbocycles. The minimum absolute atomic E-state index is 0.762. The summed E-state index contributed by atoms with van der Waals surface area (Å²) in [6.07, 6.45) is 8.66. The topological polar surface area (TPSA) is 67.1 Å². The molecule has 1 aliphatic heterocycles. The van der Waals surface area contributed by atoms with E-state index in [0.29, 0.717) is 0 Å². The summed E-state index contributed by atoms with van der Waals surface area (Å²) in [5, 5.41) is 3.38. The van der Waals surface area contributed by atoms with Gasteiger partial charge in [0.15, 0.2) is 5.58 Å².